The molecule has 12 atom stereocenters. The maximum absolute atomic E-state index is 9.38. The van der Waals surface area contributed by atoms with Crippen LogP contribution in [-0.2, 0) is 0 Å². The predicted molar refractivity (Wildman–Crippen MR) is 171 cm³/mol. The van der Waals surface area contributed by atoms with Gasteiger partial charge in [-0.05, 0) is 161 Å². The van der Waals surface area contributed by atoms with E-state index >= 15 is 0 Å². The largest absolute Gasteiger partial charge is 0.411 e. The fraction of sp³-hybridized carbons (Fsp3) is 0.842. The van der Waals surface area contributed by atoms with Crippen molar-refractivity contribution >= 4 is 11.4 Å². The highest BCUT2D eigenvalue weighted by atomic mass is 16.4. The fourth-order valence-corrected chi connectivity index (χ4v) is 13.6. The summed E-state index contributed by atoms with van der Waals surface area (Å²) in [6.07, 6.45) is 30.5. The lowest BCUT2D eigenvalue weighted by Crippen LogP contribution is -2.52. The number of nitrogens with zero attached hydrogens (tertiary/aromatic N) is 2. The third-order valence-electron chi connectivity index (χ3n) is 16.0. The van der Waals surface area contributed by atoms with Crippen LogP contribution in [0.2, 0.25) is 0 Å². The summed E-state index contributed by atoms with van der Waals surface area (Å²) in [5.41, 5.74) is 3.67. The molecule has 0 heterocycles. The van der Waals surface area contributed by atoms with E-state index in [1.807, 2.05) is 0 Å². The molecule has 0 aromatic heterocycles. The maximum Gasteiger partial charge on any atom is 0.0632 e. The van der Waals surface area contributed by atoms with Crippen molar-refractivity contribution in [1.82, 2.24) is 0 Å². The van der Waals surface area contributed by atoms with Gasteiger partial charge in [-0.15, -0.1) is 0 Å². The van der Waals surface area contributed by atoms with Crippen LogP contribution in [-0.4, -0.2) is 21.8 Å². The van der Waals surface area contributed by atoms with Gasteiger partial charge >= 0.3 is 0 Å². The molecule has 8 aliphatic carbocycles. The number of rotatable bonds is 0. The van der Waals surface area contributed by atoms with Gasteiger partial charge in [-0.2, -0.15) is 0 Å². The molecular weight excluding hydrogens is 516 g/mol. The molecule has 0 bridgehead atoms. The highest BCUT2D eigenvalue weighted by molar-refractivity contribution is 5.92. The molecule has 2 N–H and O–H groups in total. The maximum atomic E-state index is 9.38. The monoisotopic (exact) mass is 574 g/mol. The van der Waals surface area contributed by atoms with E-state index in [0.29, 0.717) is 10.8 Å². The minimum atomic E-state index is 0.198. The zero-order chi connectivity index (χ0) is 29.3. The third kappa shape index (κ3) is 4.11. The van der Waals surface area contributed by atoms with Gasteiger partial charge in [0.1, 0.15) is 0 Å². The molecule has 42 heavy (non-hydrogen) atoms. The molecule has 0 unspecified atom stereocenters. The van der Waals surface area contributed by atoms with Crippen molar-refractivity contribution in [2.24, 2.45) is 79.3 Å². The predicted octanol–water partition coefficient (Wildman–Crippen LogP) is 10.1. The van der Waals surface area contributed by atoms with Crippen LogP contribution in [0.15, 0.2) is 34.6 Å². The summed E-state index contributed by atoms with van der Waals surface area (Å²) in [5.74, 6) is 6.73. The number of fused-ring (bicyclic) bond motifs is 10. The van der Waals surface area contributed by atoms with Gasteiger partial charge in [-0.3, -0.25) is 0 Å². The van der Waals surface area contributed by atoms with E-state index in [9.17, 15) is 10.4 Å². The average Bonchev–Trinajstić information content (AvgIpc) is 3.52. The van der Waals surface area contributed by atoms with Crippen LogP contribution in [0.25, 0.3) is 0 Å². The van der Waals surface area contributed by atoms with E-state index in [-0.39, 0.29) is 10.8 Å². The van der Waals surface area contributed by atoms with Gasteiger partial charge in [0.2, 0.25) is 0 Å². The lowest BCUT2D eigenvalue weighted by Gasteiger charge is -2.58. The van der Waals surface area contributed by atoms with Gasteiger partial charge in [0.05, 0.1) is 11.4 Å². The summed E-state index contributed by atoms with van der Waals surface area (Å²) >= 11 is 0. The fourth-order valence-electron chi connectivity index (χ4n) is 13.6. The Bertz CT molecular complexity index is 1080. The first-order valence-electron chi connectivity index (χ1n) is 17.9. The van der Waals surface area contributed by atoms with Crippen molar-refractivity contribution in [3.05, 3.63) is 24.3 Å². The summed E-state index contributed by atoms with van der Waals surface area (Å²) in [7, 11) is 0. The standard InChI is InChI=1S/2C19H29NO/c2*1-18-11-4-3-5-13(18)6-7-14-15-8-9-17(20-21)19(15,2)12-10-16(14)18/h2*3,5,13-16,21H,4,6-12H2,1-2H3/b2*20-17+/t2*13-,14+,15+,16+,18+,19+/m11/s1. The molecule has 0 amide bonds. The van der Waals surface area contributed by atoms with E-state index in [2.05, 4.69) is 62.3 Å². The Morgan fingerprint density at radius 2 is 0.976 bits per heavy atom. The SMILES string of the molecule is C[C@]12CCC=C[C@@H]1CC[C@@H]1[C@@H]2CC[C@]2(C)/C(=N/O)CC[C@@H]12.C[C@]12CCC=C[C@@H]1CC[C@@H]1[C@@H]2CC[C@]2(C)/C(=N/O)CC[C@@H]12. The Hall–Kier alpha value is -1.58. The summed E-state index contributed by atoms with van der Waals surface area (Å²) < 4.78 is 0. The molecule has 232 valence electrons. The quantitative estimate of drug-likeness (QED) is 0.172. The van der Waals surface area contributed by atoms with E-state index < -0.39 is 0 Å². The third-order valence-corrected chi connectivity index (χ3v) is 16.0. The van der Waals surface area contributed by atoms with Gasteiger partial charge in [-0.25, -0.2) is 0 Å². The molecule has 0 spiro atoms. The van der Waals surface area contributed by atoms with Crippen LogP contribution in [0.1, 0.15) is 130 Å². The minimum Gasteiger partial charge on any atom is -0.411 e. The lowest BCUT2D eigenvalue weighted by atomic mass is 9.46. The molecule has 4 nitrogen and oxygen atoms in total. The normalized spacial score (nSPS) is 54.1. The molecule has 6 saturated carbocycles. The second kappa shape index (κ2) is 10.5. The molecule has 6 fully saturated rings. The summed E-state index contributed by atoms with van der Waals surface area (Å²) in [6.45, 7) is 9.92. The number of allylic oxidation sites excluding steroid dienone is 4. The van der Waals surface area contributed by atoms with E-state index in [0.717, 1.165) is 71.6 Å². The Labute approximate surface area is 255 Å². The first-order chi connectivity index (χ1) is 20.2. The number of oxime groups is 2. The molecule has 0 aliphatic heterocycles. The zero-order valence-corrected chi connectivity index (χ0v) is 27.0. The van der Waals surface area contributed by atoms with Crippen molar-refractivity contribution in [3.8, 4) is 0 Å². The smallest absolute Gasteiger partial charge is 0.0632 e. The molecule has 8 rings (SSSR count). The van der Waals surface area contributed by atoms with Crippen molar-refractivity contribution < 1.29 is 10.4 Å². The van der Waals surface area contributed by atoms with Gasteiger partial charge in [-0.1, -0.05) is 62.3 Å². The lowest BCUT2D eigenvalue weighted by molar-refractivity contribution is -0.0695. The molecule has 4 heteroatoms. The van der Waals surface area contributed by atoms with E-state index in [1.165, 1.54) is 89.9 Å². The Kier molecular flexibility index (Phi) is 7.29. The summed E-state index contributed by atoms with van der Waals surface area (Å²) in [5, 5.41) is 26.1. The van der Waals surface area contributed by atoms with Crippen molar-refractivity contribution in [1.29, 1.82) is 0 Å². The van der Waals surface area contributed by atoms with Gasteiger partial charge < -0.3 is 10.4 Å². The molecule has 0 saturated heterocycles. The molecule has 0 aromatic carbocycles. The molecule has 8 aliphatic rings. The van der Waals surface area contributed by atoms with Crippen LogP contribution in [0, 0.1) is 69.0 Å². The topological polar surface area (TPSA) is 65.2 Å². The zero-order valence-electron chi connectivity index (χ0n) is 27.0. The average molecular weight is 575 g/mol. The second-order valence-electron chi connectivity index (χ2n) is 17.1. The highest BCUT2D eigenvalue weighted by Crippen LogP contribution is 2.66. The number of hydrogen-bond donors (Lipinski definition) is 2. The highest BCUT2D eigenvalue weighted by Gasteiger charge is 2.60. The van der Waals surface area contributed by atoms with Crippen LogP contribution in [0.4, 0.5) is 0 Å². The molecule has 0 radical (unpaired) electrons. The van der Waals surface area contributed by atoms with Crippen LogP contribution in [0.3, 0.4) is 0 Å². The van der Waals surface area contributed by atoms with Crippen LogP contribution >= 0.6 is 0 Å². The minimum absolute atomic E-state index is 0.198. The van der Waals surface area contributed by atoms with E-state index in [1.54, 1.807) is 0 Å². The van der Waals surface area contributed by atoms with Gasteiger partial charge in [0, 0.05) is 10.8 Å². The van der Waals surface area contributed by atoms with Crippen LogP contribution < -0.4 is 0 Å². The first-order valence-corrected chi connectivity index (χ1v) is 17.9. The Morgan fingerprint density at radius 3 is 1.38 bits per heavy atom. The second-order valence-corrected chi connectivity index (χ2v) is 17.1. The van der Waals surface area contributed by atoms with E-state index in [4.69, 9.17) is 0 Å². The summed E-state index contributed by atoms with van der Waals surface area (Å²) in [6, 6.07) is 0. The Balaban J connectivity index is 0.000000137. The molecule has 0 aromatic rings. The van der Waals surface area contributed by atoms with Gasteiger partial charge in [0.25, 0.3) is 0 Å². The van der Waals surface area contributed by atoms with Gasteiger partial charge in [0.15, 0.2) is 0 Å². The Morgan fingerprint density at radius 1 is 0.548 bits per heavy atom. The van der Waals surface area contributed by atoms with Crippen molar-refractivity contribution in [2.45, 2.75) is 130 Å². The first kappa shape index (κ1) is 29.1. The van der Waals surface area contributed by atoms with Crippen molar-refractivity contribution in [2.75, 3.05) is 0 Å². The summed E-state index contributed by atoms with van der Waals surface area (Å²) in [4.78, 5) is 0. The number of hydrogen-bond acceptors (Lipinski definition) is 4. The van der Waals surface area contributed by atoms with Crippen LogP contribution in [0.5, 0.6) is 0 Å². The van der Waals surface area contributed by atoms with Crippen molar-refractivity contribution in [3.63, 3.8) is 0 Å². The molecular formula is C38H58N2O2.